The van der Waals surface area contributed by atoms with Crippen LogP contribution in [0.15, 0.2) is 18.2 Å². The van der Waals surface area contributed by atoms with Crippen LogP contribution in [0.2, 0.25) is 0 Å². The van der Waals surface area contributed by atoms with E-state index in [4.69, 9.17) is 0 Å². The van der Waals surface area contributed by atoms with Crippen molar-refractivity contribution in [3.63, 3.8) is 0 Å². The van der Waals surface area contributed by atoms with E-state index in [0.29, 0.717) is 12.1 Å². The number of hydrogen-bond acceptors (Lipinski definition) is 2. The average molecular weight is 381 g/mol. The van der Waals surface area contributed by atoms with Crippen molar-refractivity contribution in [2.45, 2.75) is 58.1 Å². The number of fused-ring (bicyclic) bond motifs is 2. The van der Waals surface area contributed by atoms with Crippen molar-refractivity contribution in [3.8, 4) is 0 Å². The summed E-state index contributed by atoms with van der Waals surface area (Å²) in [6.45, 7) is 5.90. The van der Waals surface area contributed by atoms with Gasteiger partial charge in [0.15, 0.2) is 0 Å². The molecule has 8 heteroatoms. The third kappa shape index (κ3) is 2.77. The van der Waals surface area contributed by atoms with E-state index < -0.39 is 41.0 Å². The Morgan fingerprint density at radius 2 is 1.46 bits per heavy atom. The van der Waals surface area contributed by atoms with E-state index in [9.17, 15) is 31.4 Å². The summed E-state index contributed by atoms with van der Waals surface area (Å²) in [6, 6.07) is 0.855. The third-order valence-electron chi connectivity index (χ3n) is 6.72. The highest BCUT2D eigenvalue weighted by atomic mass is 19.4. The first-order valence-corrected chi connectivity index (χ1v) is 8.42. The highest BCUT2D eigenvalue weighted by molar-refractivity contribution is 5.52. The SMILES string of the molecule is CC1(C)C2CCC1(C)[C@@H](O)[C@H]2Nc1cc(C(F)(F)F)cc(C(F)(F)F)c1. The first-order valence-electron chi connectivity index (χ1n) is 8.42. The molecule has 26 heavy (non-hydrogen) atoms. The van der Waals surface area contributed by atoms with Crippen molar-refractivity contribution >= 4 is 5.69 Å². The van der Waals surface area contributed by atoms with E-state index in [2.05, 4.69) is 5.32 Å². The summed E-state index contributed by atoms with van der Waals surface area (Å²) in [5.74, 6) is -0.0358. The van der Waals surface area contributed by atoms with E-state index >= 15 is 0 Å². The number of aliphatic hydroxyl groups excluding tert-OH is 1. The van der Waals surface area contributed by atoms with Gasteiger partial charge in [0, 0.05) is 11.1 Å². The second kappa shape index (κ2) is 5.53. The molecule has 1 aromatic rings. The van der Waals surface area contributed by atoms with Gasteiger partial charge in [-0.1, -0.05) is 20.8 Å². The molecule has 0 amide bonds. The summed E-state index contributed by atoms with van der Waals surface area (Å²) in [5, 5.41) is 13.5. The van der Waals surface area contributed by atoms with Crippen LogP contribution in [-0.4, -0.2) is 17.3 Å². The van der Waals surface area contributed by atoms with Crippen LogP contribution in [0.1, 0.15) is 44.7 Å². The number of alkyl halides is 6. The summed E-state index contributed by atoms with van der Waals surface area (Å²) in [5.41, 5.74) is -3.69. The largest absolute Gasteiger partial charge is 0.416 e. The molecular weight excluding hydrogens is 360 g/mol. The Morgan fingerprint density at radius 3 is 1.85 bits per heavy atom. The molecular formula is C18H21F6NO. The average Bonchev–Trinajstić information content (AvgIpc) is 2.79. The van der Waals surface area contributed by atoms with Crippen molar-refractivity contribution in [3.05, 3.63) is 29.3 Å². The minimum atomic E-state index is -4.89. The second-order valence-corrected chi connectivity index (χ2v) is 8.19. The molecule has 2 unspecified atom stereocenters. The highest BCUT2D eigenvalue weighted by Crippen LogP contribution is 2.65. The molecule has 146 valence electrons. The maximum absolute atomic E-state index is 13.0. The molecule has 2 bridgehead atoms. The molecule has 0 aromatic heterocycles. The van der Waals surface area contributed by atoms with Gasteiger partial charge >= 0.3 is 12.4 Å². The molecule has 2 N–H and O–H groups in total. The zero-order valence-corrected chi connectivity index (χ0v) is 14.6. The lowest BCUT2D eigenvalue weighted by Gasteiger charge is -2.37. The van der Waals surface area contributed by atoms with Gasteiger partial charge < -0.3 is 10.4 Å². The molecule has 0 radical (unpaired) electrons. The fourth-order valence-corrected chi connectivity index (χ4v) is 4.75. The van der Waals surface area contributed by atoms with E-state index in [1.54, 1.807) is 0 Å². The van der Waals surface area contributed by atoms with Crippen molar-refractivity contribution in [1.82, 2.24) is 0 Å². The fourth-order valence-electron chi connectivity index (χ4n) is 4.75. The van der Waals surface area contributed by atoms with Crippen LogP contribution in [0.3, 0.4) is 0 Å². The lowest BCUT2D eigenvalue weighted by atomic mass is 9.70. The van der Waals surface area contributed by atoms with E-state index in [1.807, 2.05) is 20.8 Å². The van der Waals surface area contributed by atoms with Crippen LogP contribution in [0, 0.1) is 16.7 Å². The molecule has 0 aliphatic heterocycles. The number of nitrogens with one attached hydrogen (secondary N) is 1. The third-order valence-corrected chi connectivity index (χ3v) is 6.72. The van der Waals surface area contributed by atoms with E-state index in [0.717, 1.165) is 12.8 Å². The molecule has 3 rings (SSSR count). The van der Waals surface area contributed by atoms with Gasteiger partial charge in [0.1, 0.15) is 0 Å². The molecule has 0 heterocycles. The van der Waals surface area contributed by atoms with Crippen LogP contribution in [-0.2, 0) is 12.4 Å². The second-order valence-electron chi connectivity index (χ2n) is 8.19. The predicted molar refractivity (Wildman–Crippen MR) is 84.5 cm³/mol. The predicted octanol–water partition coefficient (Wildman–Crippen LogP) is 5.32. The summed E-state index contributed by atoms with van der Waals surface area (Å²) in [7, 11) is 0. The molecule has 2 aliphatic carbocycles. The van der Waals surface area contributed by atoms with Gasteiger partial charge in [0.05, 0.1) is 23.3 Å². The maximum Gasteiger partial charge on any atom is 0.416 e. The minimum absolute atomic E-state index is 0.0358. The van der Waals surface area contributed by atoms with Crippen LogP contribution in [0.5, 0.6) is 0 Å². The molecule has 2 nitrogen and oxygen atoms in total. The van der Waals surface area contributed by atoms with Gasteiger partial charge in [-0.05, 0) is 42.4 Å². The summed E-state index contributed by atoms with van der Waals surface area (Å²) in [6.07, 6.45) is -9.09. The number of hydrogen-bond donors (Lipinski definition) is 2. The van der Waals surface area contributed by atoms with E-state index in [-0.39, 0.29) is 23.1 Å². The van der Waals surface area contributed by atoms with Crippen molar-refractivity contribution in [1.29, 1.82) is 0 Å². The molecule has 1 aromatic carbocycles. The first kappa shape index (κ1) is 19.3. The maximum atomic E-state index is 13.0. The molecule has 4 atom stereocenters. The van der Waals surface area contributed by atoms with Gasteiger partial charge in [-0.15, -0.1) is 0 Å². The van der Waals surface area contributed by atoms with Crippen LogP contribution in [0.4, 0.5) is 32.0 Å². The van der Waals surface area contributed by atoms with Crippen molar-refractivity contribution in [2.75, 3.05) is 5.32 Å². The minimum Gasteiger partial charge on any atom is -0.390 e. The Kier molecular flexibility index (Phi) is 4.11. The monoisotopic (exact) mass is 381 g/mol. The Morgan fingerprint density at radius 1 is 0.962 bits per heavy atom. The number of anilines is 1. The van der Waals surface area contributed by atoms with E-state index in [1.165, 1.54) is 0 Å². The Labute approximate surface area is 147 Å². The Balaban J connectivity index is 1.98. The van der Waals surface area contributed by atoms with Crippen LogP contribution >= 0.6 is 0 Å². The molecule has 0 spiro atoms. The molecule has 2 aliphatic rings. The number of halogens is 6. The summed E-state index contributed by atoms with van der Waals surface area (Å²) < 4.78 is 78.1. The van der Waals surface area contributed by atoms with Crippen LogP contribution < -0.4 is 5.32 Å². The zero-order valence-electron chi connectivity index (χ0n) is 14.6. The van der Waals surface area contributed by atoms with Gasteiger partial charge in [0.25, 0.3) is 0 Å². The number of benzene rings is 1. The molecule has 2 saturated carbocycles. The quantitative estimate of drug-likeness (QED) is 0.680. The lowest BCUT2D eigenvalue weighted by molar-refractivity contribution is -0.143. The standard InChI is InChI=1S/C18H21F6NO/c1-15(2)12-4-5-16(15,3)14(26)13(12)25-11-7-9(17(19,20)21)6-10(8-11)18(22,23)24/h6-8,12-14,25-26H,4-5H2,1-3H3/t12?,13-,14-,16?/m0/s1. The smallest absolute Gasteiger partial charge is 0.390 e. The summed E-state index contributed by atoms with van der Waals surface area (Å²) in [4.78, 5) is 0. The van der Waals surface area contributed by atoms with Crippen molar-refractivity contribution < 1.29 is 31.4 Å². The Hall–Kier alpha value is -1.44. The zero-order chi connectivity index (χ0) is 19.7. The normalized spacial score (nSPS) is 33.5. The van der Waals surface area contributed by atoms with Crippen LogP contribution in [0.25, 0.3) is 0 Å². The first-order chi connectivity index (χ1) is 11.7. The van der Waals surface area contributed by atoms with Gasteiger partial charge in [-0.3, -0.25) is 0 Å². The topological polar surface area (TPSA) is 32.3 Å². The van der Waals surface area contributed by atoms with Gasteiger partial charge in [0.2, 0.25) is 0 Å². The lowest BCUT2D eigenvalue weighted by Crippen LogP contribution is -2.43. The number of aliphatic hydroxyl groups is 1. The number of rotatable bonds is 2. The highest BCUT2D eigenvalue weighted by Gasteiger charge is 2.66. The van der Waals surface area contributed by atoms with Gasteiger partial charge in [-0.2, -0.15) is 26.3 Å². The fraction of sp³-hybridized carbons (Fsp3) is 0.667. The Bertz CT molecular complexity index is 678. The summed E-state index contributed by atoms with van der Waals surface area (Å²) >= 11 is 0. The van der Waals surface area contributed by atoms with Gasteiger partial charge in [-0.25, -0.2) is 0 Å². The molecule has 0 saturated heterocycles. The van der Waals surface area contributed by atoms with Crippen molar-refractivity contribution in [2.24, 2.45) is 16.7 Å². The molecule has 2 fully saturated rings.